The molecule has 2 heteroatoms. The highest BCUT2D eigenvalue weighted by atomic mass is 16.3. The molecule has 2 nitrogen and oxygen atoms in total. The molecule has 0 aromatic rings. The van der Waals surface area contributed by atoms with Gasteiger partial charge in [0.15, 0.2) is 0 Å². The highest BCUT2D eigenvalue weighted by Crippen LogP contribution is 2.45. The van der Waals surface area contributed by atoms with E-state index < -0.39 is 0 Å². The lowest BCUT2D eigenvalue weighted by atomic mass is 9.88. The number of hydrogen-bond acceptors (Lipinski definition) is 2. The maximum atomic E-state index is 9.71. The van der Waals surface area contributed by atoms with Gasteiger partial charge in [0.05, 0.1) is 5.60 Å². The third kappa shape index (κ3) is 1.06. The molecule has 0 aromatic heterocycles. The quantitative estimate of drug-likeness (QED) is 0.519. The first-order valence-electron chi connectivity index (χ1n) is 4.09. The fraction of sp³-hybridized carbons (Fsp3) is 1.00. The maximum Gasteiger partial charge on any atom is 0.0649 e. The minimum absolute atomic E-state index is 0.363. The van der Waals surface area contributed by atoms with Crippen LogP contribution >= 0.6 is 0 Å². The average Bonchev–Trinajstić information content (AvgIpc) is 2.45. The van der Waals surface area contributed by atoms with E-state index in [-0.39, 0.29) is 5.60 Å². The highest BCUT2D eigenvalue weighted by molar-refractivity contribution is 5.08. The monoisotopic (exact) mass is 141 g/mol. The van der Waals surface area contributed by atoms with E-state index in [9.17, 15) is 5.11 Å². The van der Waals surface area contributed by atoms with Crippen molar-refractivity contribution in [1.29, 1.82) is 0 Å². The van der Waals surface area contributed by atoms with Crippen molar-refractivity contribution in [3.63, 3.8) is 0 Å². The first kappa shape index (κ1) is 6.62. The molecular formula is C8H15NO. The summed E-state index contributed by atoms with van der Waals surface area (Å²) >= 11 is 0. The van der Waals surface area contributed by atoms with Gasteiger partial charge in [-0.25, -0.2) is 0 Å². The molecule has 2 rings (SSSR count). The zero-order valence-electron chi connectivity index (χ0n) is 6.48. The Morgan fingerprint density at radius 3 is 2.40 bits per heavy atom. The third-order valence-electron chi connectivity index (χ3n) is 2.74. The van der Waals surface area contributed by atoms with Crippen molar-refractivity contribution in [1.82, 2.24) is 5.32 Å². The van der Waals surface area contributed by atoms with Crippen LogP contribution < -0.4 is 5.32 Å². The fourth-order valence-corrected chi connectivity index (χ4v) is 1.98. The second kappa shape index (κ2) is 1.74. The molecule has 0 amide bonds. The van der Waals surface area contributed by atoms with E-state index in [0.29, 0.717) is 5.54 Å². The molecule has 58 valence electrons. The fourth-order valence-electron chi connectivity index (χ4n) is 1.98. The zero-order valence-corrected chi connectivity index (χ0v) is 6.48. The molecule has 1 spiro atoms. The lowest BCUT2D eigenvalue weighted by Gasteiger charge is -2.35. The predicted molar refractivity (Wildman–Crippen MR) is 39.8 cm³/mol. The van der Waals surface area contributed by atoms with Gasteiger partial charge in [-0.3, -0.25) is 0 Å². The van der Waals surface area contributed by atoms with E-state index in [2.05, 4.69) is 5.32 Å². The Hall–Kier alpha value is -0.0800. The third-order valence-corrected chi connectivity index (χ3v) is 2.74. The van der Waals surface area contributed by atoms with Crippen LogP contribution in [0.4, 0.5) is 0 Å². The minimum Gasteiger partial charge on any atom is -0.390 e. The lowest BCUT2D eigenvalue weighted by molar-refractivity contribution is 0.00883. The molecule has 10 heavy (non-hydrogen) atoms. The summed E-state index contributed by atoms with van der Waals surface area (Å²) < 4.78 is 0. The molecule has 1 aliphatic heterocycles. The molecule has 1 saturated heterocycles. The van der Waals surface area contributed by atoms with Gasteiger partial charge in [-0.1, -0.05) is 0 Å². The van der Waals surface area contributed by atoms with Crippen molar-refractivity contribution in [3.8, 4) is 0 Å². The van der Waals surface area contributed by atoms with Crippen molar-refractivity contribution in [2.45, 2.75) is 43.7 Å². The number of nitrogens with one attached hydrogen (secondary N) is 1. The second-order valence-corrected chi connectivity index (χ2v) is 4.13. The molecule has 1 saturated carbocycles. The Balaban J connectivity index is 2.04. The number of aliphatic hydroxyl groups is 1. The second-order valence-electron chi connectivity index (χ2n) is 4.13. The van der Waals surface area contributed by atoms with Gasteiger partial charge < -0.3 is 10.4 Å². The van der Waals surface area contributed by atoms with E-state index in [1.165, 1.54) is 12.8 Å². The van der Waals surface area contributed by atoms with Gasteiger partial charge >= 0.3 is 0 Å². The number of piperidine rings is 1. The van der Waals surface area contributed by atoms with Gasteiger partial charge in [-0.05, 0) is 39.2 Å². The van der Waals surface area contributed by atoms with Crippen LogP contribution in [0.5, 0.6) is 0 Å². The van der Waals surface area contributed by atoms with E-state index in [1.54, 1.807) is 0 Å². The largest absolute Gasteiger partial charge is 0.390 e. The topological polar surface area (TPSA) is 32.3 Å². The summed E-state index contributed by atoms with van der Waals surface area (Å²) in [7, 11) is 0. The Morgan fingerprint density at radius 2 is 2.00 bits per heavy atom. The normalized spacial score (nSPS) is 43.8. The minimum atomic E-state index is -0.387. The summed E-state index contributed by atoms with van der Waals surface area (Å²) in [6, 6.07) is 0. The van der Waals surface area contributed by atoms with Crippen LogP contribution in [-0.4, -0.2) is 22.8 Å². The Kier molecular flexibility index (Phi) is 1.15. The lowest BCUT2D eigenvalue weighted by Crippen LogP contribution is -2.48. The molecule has 2 N–H and O–H groups in total. The van der Waals surface area contributed by atoms with Crippen LogP contribution in [0.2, 0.25) is 0 Å². The van der Waals surface area contributed by atoms with Crippen LogP contribution in [0.15, 0.2) is 0 Å². The van der Waals surface area contributed by atoms with Crippen molar-refractivity contribution in [2.75, 3.05) is 6.54 Å². The molecule has 0 aromatic carbocycles. The van der Waals surface area contributed by atoms with E-state index in [0.717, 1.165) is 19.4 Å². The molecule has 2 aliphatic rings. The highest BCUT2D eigenvalue weighted by Gasteiger charge is 2.49. The van der Waals surface area contributed by atoms with E-state index >= 15 is 0 Å². The van der Waals surface area contributed by atoms with E-state index in [1.807, 2.05) is 6.92 Å². The first-order chi connectivity index (χ1) is 4.62. The number of hydrogen-bond donors (Lipinski definition) is 2. The van der Waals surface area contributed by atoms with E-state index in [4.69, 9.17) is 0 Å². The van der Waals surface area contributed by atoms with Crippen LogP contribution in [0, 0.1) is 0 Å². The molecule has 1 heterocycles. The Labute approximate surface area is 61.6 Å². The van der Waals surface area contributed by atoms with Gasteiger partial charge in [0.25, 0.3) is 0 Å². The average molecular weight is 141 g/mol. The SMILES string of the molecule is C[C@@]1(O)CCNC2(CC2)C1. The summed E-state index contributed by atoms with van der Waals surface area (Å²) in [5, 5.41) is 13.2. The summed E-state index contributed by atoms with van der Waals surface area (Å²) in [4.78, 5) is 0. The van der Waals surface area contributed by atoms with Gasteiger partial charge in [0.1, 0.15) is 0 Å². The molecule has 2 fully saturated rings. The zero-order chi connectivity index (χ0) is 7.24. The first-order valence-corrected chi connectivity index (χ1v) is 4.09. The number of rotatable bonds is 0. The van der Waals surface area contributed by atoms with Gasteiger partial charge in [0.2, 0.25) is 0 Å². The Morgan fingerprint density at radius 1 is 1.30 bits per heavy atom. The summed E-state index contributed by atoms with van der Waals surface area (Å²) in [6.45, 7) is 2.95. The molecule has 0 radical (unpaired) electrons. The van der Waals surface area contributed by atoms with Crippen LogP contribution in [0.25, 0.3) is 0 Å². The summed E-state index contributed by atoms with van der Waals surface area (Å²) in [5.41, 5.74) is -0.0243. The standard InChI is InChI=1S/C8H15NO/c1-7(10)4-5-9-8(6-7)2-3-8/h9-10H,2-6H2,1H3/t7-/m1/s1. The Bertz CT molecular complexity index is 145. The summed E-state index contributed by atoms with van der Waals surface area (Å²) in [5.74, 6) is 0. The van der Waals surface area contributed by atoms with Crippen molar-refractivity contribution < 1.29 is 5.11 Å². The van der Waals surface area contributed by atoms with Crippen molar-refractivity contribution >= 4 is 0 Å². The molecule has 1 atom stereocenters. The smallest absolute Gasteiger partial charge is 0.0649 e. The van der Waals surface area contributed by atoms with Gasteiger partial charge in [-0.15, -0.1) is 0 Å². The molecule has 0 unspecified atom stereocenters. The van der Waals surface area contributed by atoms with Crippen LogP contribution in [0.3, 0.4) is 0 Å². The van der Waals surface area contributed by atoms with Gasteiger partial charge in [0, 0.05) is 5.54 Å². The molecule has 1 aliphatic carbocycles. The van der Waals surface area contributed by atoms with Gasteiger partial charge in [-0.2, -0.15) is 0 Å². The van der Waals surface area contributed by atoms with Crippen LogP contribution in [-0.2, 0) is 0 Å². The van der Waals surface area contributed by atoms with Crippen molar-refractivity contribution in [2.24, 2.45) is 0 Å². The van der Waals surface area contributed by atoms with Crippen LogP contribution in [0.1, 0.15) is 32.6 Å². The maximum absolute atomic E-state index is 9.71. The summed E-state index contributed by atoms with van der Waals surface area (Å²) in [6.07, 6.45) is 4.40. The van der Waals surface area contributed by atoms with Crippen molar-refractivity contribution in [3.05, 3.63) is 0 Å². The predicted octanol–water partition coefficient (Wildman–Crippen LogP) is 0.653. The molecule has 0 bridgehead atoms. The molecular weight excluding hydrogens is 126 g/mol.